The van der Waals surface area contributed by atoms with E-state index in [1.807, 2.05) is 0 Å². The van der Waals surface area contributed by atoms with Crippen LogP contribution in [-0.2, 0) is 0 Å². The Morgan fingerprint density at radius 1 is 0.291 bits per heavy atom. The van der Waals surface area contributed by atoms with E-state index in [0.717, 1.165) is 42.8 Å². The van der Waals surface area contributed by atoms with Crippen molar-refractivity contribution in [2.45, 2.75) is 357 Å². The van der Waals surface area contributed by atoms with Gasteiger partial charge < -0.3 is 31.9 Å². The Morgan fingerprint density at radius 3 is 1.03 bits per heavy atom. The number of rotatable bonds is 18. The highest BCUT2D eigenvalue weighted by Crippen LogP contribution is 2.38. The van der Waals surface area contributed by atoms with Gasteiger partial charge in [-0.2, -0.15) is 0 Å². The summed E-state index contributed by atoms with van der Waals surface area (Å²) in [6.07, 6.45) is 43.7. The van der Waals surface area contributed by atoms with Crippen molar-refractivity contribution >= 4 is 101 Å². The van der Waals surface area contributed by atoms with Crippen LogP contribution in [0, 0.1) is 41.5 Å². The molecule has 0 amide bonds. The number of hydrogen-bond acceptors (Lipinski definition) is 12. The smallest absolute Gasteiger partial charge is 0.141 e. The van der Waals surface area contributed by atoms with E-state index in [1.54, 1.807) is 0 Å². The highest BCUT2D eigenvalue weighted by molar-refractivity contribution is 9.10. The predicted molar refractivity (Wildman–Crippen MR) is 499 cm³/mol. The Bertz CT molecular complexity index is 5220. The van der Waals surface area contributed by atoms with E-state index in [-0.39, 0.29) is 0 Å². The predicted octanol–water partition coefficient (Wildman–Crippen LogP) is 26.6. The van der Waals surface area contributed by atoms with E-state index in [4.69, 9.17) is 29.9 Å². The fraction of sp³-hybridized carbons (Fsp3) is 0.567. The second kappa shape index (κ2) is 39.4. The van der Waals surface area contributed by atoms with Gasteiger partial charge in [0.05, 0.1) is 34.2 Å². The SMILES string of the molecule is Cc1cc2nc(C(C)C)c(NC3CCCC3)n2cc1Br.Cc1cc2nc(C(C)C)c(NC3CCCCC3)n2cc1Br.Cc1ccc2nc(C(C)C)c(NC3CCCC3)n2c1.Cc1cccc2nc(C(C)C)c(NC3CCCC3)n12.Cc1cccn2c(NC3CCCC3)c(C(C)C)nc12.Cc1ccn2c(NC3CCCC3)c(C(C)C)nc2c1. The first-order valence-corrected chi connectivity index (χ1v) is 46.7. The van der Waals surface area contributed by atoms with Crippen molar-refractivity contribution in [3.63, 3.8) is 0 Å². The maximum atomic E-state index is 4.86. The summed E-state index contributed by atoms with van der Waals surface area (Å²) in [5.74, 6) is 9.86. The Balaban J connectivity index is 0.000000122. The zero-order valence-electron chi connectivity index (χ0n) is 74.0. The zero-order valence-corrected chi connectivity index (χ0v) is 77.1. The molecule has 630 valence electrons. The summed E-state index contributed by atoms with van der Waals surface area (Å²) < 4.78 is 15.6. The molecule has 18 rings (SSSR count). The highest BCUT2D eigenvalue weighted by Gasteiger charge is 2.29. The number of fused-ring (bicyclic) bond motifs is 6. The molecule has 12 heterocycles. The summed E-state index contributed by atoms with van der Waals surface area (Å²) >= 11 is 7.28. The topological polar surface area (TPSA) is 176 Å². The minimum Gasteiger partial charge on any atom is -0.367 e. The molecule has 0 bridgehead atoms. The van der Waals surface area contributed by atoms with Crippen molar-refractivity contribution in [3.8, 4) is 0 Å². The molecular weight excluding hydrogens is 1580 g/mol. The molecule has 0 radical (unpaired) electrons. The average molecular weight is 1720 g/mol. The Morgan fingerprint density at radius 2 is 0.624 bits per heavy atom. The molecule has 6 fully saturated rings. The van der Waals surface area contributed by atoms with Crippen molar-refractivity contribution in [3.05, 3.63) is 174 Å². The van der Waals surface area contributed by atoms with Crippen LogP contribution in [0.3, 0.4) is 0 Å². The van der Waals surface area contributed by atoms with Gasteiger partial charge in [-0.05, 0) is 262 Å². The van der Waals surface area contributed by atoms with Crippen LogP contribution in [0.4, 0.5) is 34.9 Å². The number of pyridine rings is 6. The van der Waals surface area contributed by atoms with Gasteiger partial charge in [0, 0.05) is 81.9 Å². The van der Waals surface area contributed by atoms with E-state index in [1.165, 1.54) is 263 Å². The summed E-state index contributed by atoms with van der Waals surface area (Å²) in [5, 5.41) is 22.5. The zero-order chi connectivity index (χ0) is 82.9. The molecule has 0 spiro atoms. The summed E-state index contributed by atoms with van der Waals surface area (Å²) in [5.41, 5.74) is 20.9. The fourth-order valence-corrected chi connectivity index (χ4v) is 18.9. The van der Waals surface area contributed by atoms with Crippen LogP contribution in [-0.4, -0.2) is 92.6 Å². The number of nitrogens with zero attached hydrogens (tertiary/aromatic N) is 12. The lowest BCUT2D eigenvalue weighted by Crippen LogP contribution is -2.23. The lowest BCUT2D eigenvalue weighted by molar-refractivity contribution is 0.461. The molecule has 6 saturated carbocycles. The van der Waals surface area contributed by atoms with Gasteiger partial charge in [-0.25, -0.2) is 29.9 Å². The highest BCUT2D eigenvalue weighted by atomic mass is 79.9. The van der Waals surface area contributed by atoms with Crippen LogP contribution in [0.25, 0.3) is 33.9 Å². The Hall–Kier alpha value is -8.10. The van der Waals surface area contributed by atoms with Gasteiger partial charge in [0.15, 0.2) is 0 Å². The molecule has 6 N–H and O–H groups in total. The van der Waals surface area contributed by atoms with Crippen LogP contribution >= 0.6 is 31.9 Å². The standard InChI is InChI=1S/C17H24BrN3.C16H22BrN3.4C16H23N3/c1-11(2)16-17(19-13-7-5-4-6-8-13)21-10-14(18)12(3)9-15(21)20-16;1-10(2)15-16(18-12-6-4-5-7-12)20-9-13(17)11(3)8-14(20)19-15;1-11(2)14-16(17-13-8-4-5-9-13)19-10-6-7-12(3)15(19)18-14;1-11(2)15-16(17-13-8-4-5-9-13)19-12(3)7-6-10-14(19)18-15;1-11(2)15-16(17-13-6-4-5-7-13)19-9-8-12(3)10-14(19)18-15;1-11(2)15-16(17-13-6-4-5-7-13)19-10-12(3)8-9-14(19)18-15/h9-11,13,19H,4-8H2,1-3H3;8-10,12,18H,4-7H2,1-3H3;2*6-7,10-11,13,17H,4-5,8-9H2,1-3H3;2*8-11,13,17H,4-7H2,1-3H3. The monoisotopic (exact) mass is 1710 g/mol. The average Bonchev–Trinajstić information content (AvgIpc) is 1.67. The number of nitrogens with one attached hydrogen (secondary N) is 6. The van der Waals surface area contributed by atoms with Crippen LogP contribution in [0.15, 0.2) is 107 Å². The molecule has 0 aliphatic heterocycles. The molecule has 18 nitrogen and oxygen atoms in total. The van der Waals surface area contributed by atoms with Crippen LogP contribution in [0.5, 0.6) is 0 Å². The van der Waals surface area contributed by atoms with Crippen LogP contribution in [0.1, 0.15) is 347 Å². The summed E-state index contributed by atoms with van der Waals surface area (Å²) in [6.45, 7) is 39.4. The second-order valence-electron chi connectivity index (χ2n) is 36.8. The maximum absolute atomic E-state index is 4.86. The van der Waals surface area contributed by atoms with Crippen molar-refractivity contribution in [1.82, 2.24) is 56.3 Å². The summed E-state index contributed by atoms with van der Waals surface area (Å²) in [7, 11) is 0. The summed E-state index contributed by atoms with van der Waals surface area (Å²) in [6, 6.07) is 27.1. The molecule has 20 heteroatoms. The van der Waals surface area contributed by atoms with Crippen LogP contribution < -0.4 is 31.9 Å². The minimum atomic E-state index is 0.426. The molecule has 0 aromatic carbocycles. The number of halogens is 2. The van der Waals surface area contributed by atoms with Crippen molar-refractivity contribution in [2.75, 3.05) is 31.9 Å². The van der Waals surface area contributed by atoms with E-state index in [0.29, 0.717) is 71.8 Å². The molecule has 12 aromatic rings. The first-order valence-electron chi connectivity index (χ1n) is 45.1. The summed E-state index contributed by atoms with van der Waals surface area (Å²) in [4.78, 5) is 29.0. The maximum Gasteiger partial charge on any atom is 0.141 e. The third-order valence-electron chi connectivity index (χ3n) is 24.9. The molecule has 117 heavy (non-hydrogen) atoms. The van der Waals surface area contributed by atoms with Crippen molar-refractivity contribution in [1.29, 1.82) is 0 Å². The van der Waals surface area contributed by atoms with Crippen molar-refractivity contribution in [2.24, 2.45) is 0 Å². The largest absolute Gasteiger partial charge is 0.367 e. The first-order chi connectivity index (χ1) is 56.2. The lowest BCUT2D eigenvalue weighted by atomic mass is 9.95. The van der Waals surface area contributed by atoms with Crippen molar-refractivity contribution < 1.29 is 0 Å². The number of hydrogen-bond donors (Lipinski definition) is 6. The Kier molecular flexibility index (Phi) is 29.2. The van der Waals surface area contributed by atoms with Gasteiger partial charge >= 0.3 is 0 Å². The van der Waals surface area contributed by atoms with Gasteiger partial charge in [-0.15, -0.1) is 0 Å². The molecule has 12 aromatic heterocycles. The molecule has 0 unspecified atom stereocenters. The fourth-order valence-electron chi connectivity index (χ4n) is 18.2. The quantitative estimate of drug-likeness (QED) is 0.0480. The second-order valence-corrected chi connectivity index (χ2v) is 38.5. The molecule has 0 saturated heterocycles. The van der Waals surface area contributed by atoms with Crippen LogP contribution in [0.2, 0.25) is 0 Å². The van der Waals surface area contributed by atoms with E-state index in [2.05, 4.69) is 313 Å². The number of aryl methyl sites for hydroxylation is 6. The first kappa shape index (κ1) is 86.7. The normalized spacial score (nSPS) is 16.6. The molecule has 6 aliphatic carbocycles. The van der Waals surface area contributed by atoms with Gasteiger partial charge in [0.1, 0.15) is 68.8 Å². The number of aromatic nitrogens is 12. The number of imidazole rings is 6. The number of anilines is 6. The van der Waals surface area contributed by atoms with Gasteiger partial charge in [-0.1, -0.05) is 185 Å². The third kappa shape index (κ3) is 20.9. The molecular formula is C97H138Br2N18. The lowest BCUT2D eigenvalue weighted by Gasteiger charge is -2.24. The minimum absolute atomic E-state index is 0.426. The van der Waals surface area contributed by atoms with E-state index >= 15 is 0 Å². The molecule has 0 atom stereocenters. The van der Waals surface area contributed by atoms with Gasteiger partial charge in [0.25, 0.3) is 0 Å². The van der Waals surface area contributed by atoms with Gasteiger partial charge in [0.2, 0.25) is 0 Å². The third-order valence-corrected chi connectivity index (χ3v) is 26.6. The van der Waals surface area contributed by atoms with E-state index < -0.39 is 0 Å². The Labute approximate surface area is 715 Å². The molecule has 6 aliphatic rings. The van der Waals surface area contributed by atoms with Gasteiger partial charge in [-0.3, -0.25) is 26.4 Å². The van der Waals surface area contributed by atoms with E-state index in [9.17, 15) is 0 Å².